The van der Waals surface area contributed by atoms with Crippen molar-refractivity contribution < 1.29 is 9.53 Å². The summed E-state index contributed by atoms with van der Waals surface area (Å²) in [7, 11) is 1.60. The average Bonchev–Trinajstić information content (AvgIpc) is 2.73. The van der Waals surface area contributed by atoms with Gasteiger partial charge in [0, 0.05) is 49.1 Å². The molecule has 29 heavy (non-hydrogen) atoms. The van der Waals surface area contributed by atoms with Gasteiger partial charge < -0.3 is 19.5 Å². The van der Waals surface area contributed by atoms with E-state index in [9.17, 15) is 9.59 Å². The molecule has 0 unspecified atom stereocenters. The molecule has 0 spiro atoms. The quantitative estimate of drug-likeness (QED) is 0.754. The number of fused-ring (bicyclic) bond motifs is 4. The lowest BCUT2D eigenvalue weighted by Crippen LogP contribution is -2.48. The summed E-state index contributed by atoms with van der Waals surface area (Å²) < 4.78 is 7.83. The van der Waals surface area contributed by atoms with E-state index in [1.807, 2.05) is 34.9 Å². The molecular weight excluding hydrogens is 406 g/mol. The Kier molecular flexibility index (Phi) is 5.91. The first-order valence-corrected chi connectivity index (χ1v) is 11.0. The van der Waals surface area contributed by atoms with E-state index in [1.165, 1.54) is 11.8 Å². The average molecular weight is 430 g/mol. The summed E-state index contributed by atoms with van der Waals surface area (Å²) in [6.45, 7) is 2.37. The molecule has 1 N–H and O–H groups in total. The Balaban J connectivity index is 1.34. The maximum atomic E-state index is 12.3. The number of amides is 1. The van der Waals surface area contributed by atoms with Crippen molar-refractivity contribution in [1.82, 2.24) is 9.47 Å². The number of carbonyl (C=O) groups is 1. The summed E-state index contributed by atoms with van der Waals surface area (Å²) in [4.78, 5) is 26.6. The van der Waals surface area contributed by atoms with Gasteiger partial charge in [0.05, 0.1) is 12.9 Å². The highest BCUT2D eigenvalue weighted by molar-refractivity contribution is 8.23. The molecule has 1 amide bonds. The lowest BCUT2D eigenvalue weighted by Gasteiger charge is -2.43. The zero-order chi connectivity index (χ0) is 20.4. The van der Waals surface area contributed by atoms with Crippen LogP contribution in [0.2, 0.25) is 0 Å². The van der Waals surface area contributed by atoms with E-state index in [2.05, 4.69) is 10.2 Å². The third kappa shape index (κ3) is 4.48. The highest BCUT2D eigenvalue weighted by atomic mass is 32.2. The molecule has 3 heterocycles. The van der Waals surface area contributed by atoms with Crippen molar-refractivity contribution in [2.75, 3.05) is 31.3 Å². The van der Waals surface area contributed by atoms with E-state index in [-0.39, 0.29) is 17.2 Å². The SMILES string of the molecule is COc1cccc(NC(=O)CSC(=S)N2C[C@H]3C[C@@H](C2)c2cccc(=O)n2C3)c1. The molecule has 1 aromatic heterocycles. The predicted octanol–water partition coefficient (Wildman–Crippen LogP) is 2.93. The molecule has 0 saturated carbocycles. The standard InChI is InChI=1S/C21H23N3O3S2/c1-27-17-5-2-4-16(9-17)22-19(25)13-29-21(28)23-10-14-8-15(12-23)18-6-3-7-20(26)24(18)11-14/h2-7,9,14-15H,8,10-13H2,1H3,(H,22,25)/t14-,15+/m1/s1. The number of hydrogen-bond acceptors (Lipinski definition) is 5. The van der Waals surface area contributed by atoms with Gasteiger partial charge in [-0.15, -0.1) is 0 Å². The Labute approximate surface area is 179 Å². The number of hydrogen-bond donors (Lipinski definition) is 1. The van der Waals surface area contributed by atoms with Crippen LogP contribution in [0, 0.1) is 5.92 Å². The lowest BCUT2D eigenvalue weighted by molar-refractivity contribution is -0.113. The molecule has 2 aromatic rings. The van der Waals surface area contributed by atoms with Crippen molar-refractivity contribution in [2.45, 2.75) is 18.9 Å². The van der Waals surface area contributed by atoms with Crippen molar-refractivity contribution in [3.05, 3.63) is 58.5 Å². The Hall–Kier alpha value is -2.32. The number of carbonyl (C=O) groups excluding carboxylic acids is 1. The van der Waals surface area contributed by atoms with Crippen molar-refractivity contribution >= 4 is 39.9 Å². The number of rotatable bonds is 4. The van der Waals surface area contributed by atoms with Crippen LogP contribution in [0.1, 0.15) is 18.0 Å². The van der Waals surface area contributed by atoms with Gasteiger partial charge in [-0.3, -0.25) is 9.59 Å². The number of nitrogens with one attached hydrogen (secondary N) is 1. The maximum Gasteiger partial charge on any atom is 0.250 e. The molecular formula is C21H23N3O3S2. The Morgan fingerprint density at radius 1 is 1.24 bits per heavy atom. The molecule has 8 heteroatoms. The monoisotopic (exact) mass is 429 g/mol. The number of aromatic nitrogens is 1. The van der Waals surface area contributed by atoms with Crippen molar-refractivity contribution in [2.24, 2.45) is 5.92 Å². The van der Waals surface area contributed by atoms with Crippen molar-refractivity contribution in [3.8, 4) is 5.75 Å². The smallest absolute Gasteiger partial charge is 0.250 e. The number of thioether (sulfide) groups is 1. The molecule has 1 saturated heterocycles. The fraction of sp³-hybridized carbons (Fsp3) is 0.381. The number of ether oxygens (including phenoxy) is 1. The number of piperidine rings is 1. The number of thiocarbonyl (C=S) groups is 1. The molecule has 2 aliphatic heterocycles. The van der Waals surface area contributed by atoms with Gasteiger partial charge in [0.25, 0.3) is 5.56 Å². The number of likely N-dealkylation sites (tertiary alicyclic amines) is 1. The second kappa shape index (κ2) is 8.59. The van der Waals surface area contributed by atoms with Crippen LogP contribution < -0.4 is 15.6 Å². The number of pyridine rings is 1. The topological polar surface area (TPSA) is 63.6 Å². The van der Waals surface area contributed by atoms with E-state index in [0.29, 0.717) is 23.3 Å². The van der Waals surface area contributed by atoms with Gasteiger partial charge in [-0.2, -0.15) is 0 Å². The summed E-state index contributed by atoms with van der Waals surface area (Å²) in [6.07, 6.45) is 1.09. The Morgan fingerprint density at radius 2 is 2.07 bits per heavy atom. The molecule has 0 aliphatic carbocycles. The third-order valence-corrected chi connectivity index (χ3v) is 6.94. The first kappa shape index (κ1) is 20.0. The summed E-state index contributed by atoms with van der Waals surface area (Å²) >= 11 is 7.01. The first-order valence-electron chi connectivity index (χ1n) is 9.59. The van der Waals surface area contributed by atoms with Gasteiger partial charge >= 0.3 is 0 Å². The van der Waals surface area contributed by atoms with Crippen molar-refractivity contribution in [3.63, 3.8) is 0 Å². The Morgan fingerprint density at radius 3 is 2.90 bits per heavy atom. The van der Waals surface area contributed by atoms with Gasteiger partial charge in [0.15, 0.2) is 0 Å². The Bertz CT molecular complexity index is 991. The summed E-state index contributed by atoms with van der Waals surface area (Å²) in [5.74, 6) is 1.58. The van der Waals surface area contributed by atoms with Crippen LogP contribution in [0.4, 0.5) is 5.69 Å². The highest BCUT2D eigenvalue weighted by Crippen LogP contribution is 2.36. The summed E-state index contributed by atoms with van der Waals surface area (Å²) in [6, 6.07) is 12.8. The second-order valence-corrected chi connectivity index (χ2v) is 9.05. The van der Waals surface area contributed by atoms with E-state index < -0.39 is 0 Å². The van der Waals surface area contributed by atoms with Gasteiger partial charge in [0.1, 0.15) is 10.1 Å². The van der Waals surface area contributed by atoms with Gasteiger partial charge in [-0.25, -0.2) is 0 Å². The largest absolute Gasteiger partial charge is 0.497 e. The molecule has 152 valence electrons. The van der Waals surface area contributed by atoms with E-state index in [0.717, 1.165) is 36.1 Å². The second-order valence-electron chi connectivity index (χ2n) is 7.44. The summed E-state index contributed by atoms with van der Waals surface area (Å²) in [5.41, 5.74) is 1.88. The number of methoxy groups -OCH3 is 1. The van der Waals surface area contributed by atoms with Gasteiger partial charge in [-0.05, 0) is 30.5 Å². The number of anilines is 1. The molecule has 1 aromatic carbocycles. The van der Waals surface area contributed by atoms with Crippen LogP contribution in [-0.4, -0.2) is 45.6 Å². The molecule has 4 rings (SSSR count). The molecule has 2 bridgehead atoms. The molecule has 2 aliphatic rings. The van der Waals surface area contributed by atoms with Crippen LogP contribution in [0.25, 0.3) is 0 Å². The van der Waals surface area contributed by atoms with Crippen LogP contribution in [0.3, 0.4) is 0 Å². The minimum atomic E-state index is -0.0975. The molecule has 0 radical (unpaired) electrons. The van der Waals surface area contributed by atoms with Crippen molar-refractivity contribution in [1.29, 1.82) is 0 Å². The van der Waals surface area contributed by atoms with Gasteiger partial charge in [-0.1, -0.05) is 36.1 Å². The third-order valence-electron chi connectivity index (χ3n) is 5.42. The van der Waals surface area contributed by atoms with Crippen LogP contribution >= 0.6 is 24.0 Å². The van der Waals surface area contributed by atoms with E-state index in [1.54, 1.807) is 19.2 Å². The lowest BCUT2D eigenvalue weighted by atomic mass is 9.83. The minimum Gasteiger partial charge on any atom is -0.497 e. The highest BCUT2D eigenvalue weighted by Gasteiger charge is 2.35. The predicted molar refractivity (Wildman–Crippen MR) is 120 cm³/mol. The normalized spacial score (nSPS) is 20.0. The van der Waals surface area contributed by atoms with Crippen LogP contribution in [-0.2, 0) is 11.3 Å². The molecule has 6 nitrogen and oxygen atoms in total. The van der Waals surface area contributed by atoms with E-state index >= 15 is 0 Å². The number of nitrogens with zero attached hydrogens (tertiary/aromatic N) is 2. The fourth-order valence-corrected chi connectivity index (χ4v) is 5.15. The minimum absolute atomic E-state index is 0.0804. The number of benzene rings is 1. The van der Waals surface area contributed by atoms with Crippen LogP contribution in [0.5, 0.6) is 5.75 Å². The first-order chi connectivity index (χ1) is 14.0. The fourth-order valence-electron chi connectivity index (χ4n) is 4.16. The maximum absolute atomic E-state index is 12.3. The zero-order valence-corrected chi connectivity index (χ0v) is 17.8. The van der Waals surface area contributed by atoms with E-state index in [4.69, 9.17) is 17.0 Å². The van der Waals surface area contributed by atoms with Crippen LogP contribution in [0.15, 0.2) is 47.3 Å². The summed E-state index contributed by atoms with van der Waals surface area (Å²) in [5, 5.41) is 2.88. The van der Waals surface area contributed by atoms with Gasteiger partial charge in [0.2, 0.25) is 5.91 Å². The molecule has 1 fully saturated rings. The zero-order valence-electron chi connectivity index (χ0n) is 16.2. The molecule has 2 atom stereocenters.